The molecule has 0 aliphatic carbocycles. The first-order chi connectivity index (χ1) is 24.0. The summed E-state index contributed by atoms with van der Waals surface area (Å²) in [4.78, 5) is 69.0. The van der Waals surface area contributed by atoms with Crippen molar-refractivity contribution in [2.24, 2.45) is 5.92 Å². The van der Waals surface area contributed by atoms with Crippen LogP contribution in [0.5, 0.6) is 11.5 Å². The Hall–Kier alpha value is -5.39. The number of carbonyl (C=O) groups is 5. The van der Waals surface area contributed by atoms with Gasteiger partial charge in [0.1, 0.15) is 35.2 Å². The van der Waals surface area contributed by atoms with E-state index in [1.807, 2.05) is 44.2 Å². The second-order valence-corrected chi connectivity index (χ2v) is 12.9. The Labute approximate surface area is 293 Å². The van der Waals surface area contributed by atoms with Gasteiger partial charge in [0.05, 0.1) is 7.11 Å². The highest BCUT2D eigenvalue weighted by Crippen LogP contribution is 2.29. The van der Waals surface area contributed by atoms with Gasteiger partial charge in [-0.05, 0) is 67.5 Å². The van der Waals surface area contributed by atoms with Crippen LogP contribution in [0.2, 0.25) is 0 Å². The third-order valence-corrected chi connectivity index (χ3v) is 8.47. The number of rotatable bonds is 6. The summed E-state index contributed by atoms with van der Waals surface area (Å²) in [5, 5.41) is 21.8. The van der Waals surface area contributed by atoms with Gasteiger partial charge in [0.15, 0.2) is 0 Å². The monoisotopic (exact) mass is 685 g/mol. The lowest BCUT2D eigenvalue weighted by Crippen LogP contribution is -2.57. The molecule has 0 saturated carbocycles. The number of hydrogen-bond acceptors (Lipinski definition) is 7. The molecule has 0 aromatic heterocycles. The molecule has 266 valence electrons. The minimum absolute atomic E-state index is 0.0351. The molecular weight excluding hydrogens is 638 g/mol. The third kappa shape index (κ3) is 10.3. The number of nitrogens with zero attached hydrogens (tertiary/aromatic N) is 1. The summed E-state index contributed by atoms with van der Waals surface area (Å²) >= 11 is 0. The van der Waals surface area contributed by atoms with Crippen LogP contribution in [-0.2, 0) is 27.3 Å². The fourth-order valence-corrected chi connectivity index (χ4v) is 5.74. The molecule has 50 heavy (non-hydrogen) atoms. The summed E-state index contributed by atoms with van der Waals surface area (Å²) in [6, 6.07) is 17.7. The van der Waals surface area contributed by atoms with Crippen molar-refractivity contribution in [3.63, 3.8) is 0 Å². The number of nitrogens with one attached hydrogen (secondary N) is 4. The van der Waals surface area contributed by atoms with Crippen molar-refractivity contribution >= 4 is 29.5 Å². The van der Waals surface area contributed by atoms with E-state index in [1.54, 1.807) is 48.2 Å². The number of carbonyl (C=O) groups excluding carboxylic acids is 5. The first-order valence-electron chi connectivity index (χ1n) is 16.9. The molecule has 5 rings (SSSR count). The zero-order valence-electron chi connectivity index (χ0n) is 29.0. The molecule has 0 radical (unpaired) electrons. The topological polar surface area (TPSA) is 166 Å². The number of phenols is 1. The van der Waals surface area contributed by atoms with E-state index in [9.17, 15) is 29.1 Å². The highest BCUT2D eigenvalue weighted by Gasteiger charge is 2.30. The molecule has 5 N–H and O–H groups in total. The minimum Gasteiger partial charge on any atom is -0.507 e. The molecule has 0 unspecified atom stereocenters. The molecule has 12 nitrogen and oxygen atoms in total. The highest BCUT2D eigenvalue weighted by molar-refractivity contribution is 6.00. The number of fused-ring (bicyclic) bond motifs is 18. The van der Waals surface area contributed by atoms with Gasteiger partial charge in [-0.3, -0.25) is 24.0 Å². The van der Waals surface area contributed by atoms with Gasteiger partial charge in [-0.2, -0.15) is 0 Å². The van der Waals surface area contributed by atoms with Crippen LogP contribution in [0.1, 0.15) is 71.9 Å². The third-order valence-electron chi connectivity index (χ3n) is 8.47. The molecule has 3 aromatic rings. The smallest absolute Gasteiger partial charge is 0.261 e. The average Bonchev–Trinajstić information content (AvgIpc) is 3.09. The largest absolute Gasteiger partial charge is 0.507 e. The second-order valence-electron chi connectivity index (χ2n) is 12.9. The molecule has 2 bridgehead atoms. The predicted molar refractivity (Wildman–Crippen MR) is 188 cm³/mol. The van der Waals surface area contributed by atoms with Crippen LogP contribution in [0.4, 0.5) is 0 Å². The summed E-state index contributed by atoms with van der Waals surface area (Å²) in [5.41, 5.74) is 1.89. The molecule has 0 fully saturated rings. The van der Waals surface area contributed by atoms with E-state index >= 15 is 0 Å². The van der Waals surface area contributed by atoms with Crippen molar-refractivity contribution in [3.05, 3.63) is 95.1 Å². The van der Waals surface area contributed by atoms with Crippen LogP contribution < -0.4 is 26.0 Å². The van der Waals surface area contributed by atoms with Crippen LogP contribution in [0, 0.1) is 5.92 Å². The van der Waals surface area contributed by atoms with E-state index in [4.69, 9.17) is 4.74 Å². The maximum atomic E-state index is 13.8. The summed E-state index contributed by atoms with van der Waals surface area (Å²) in [6.07, 6.45) is 1.55. The van der Waals surface area contributed by atoms with E-state index in [0.29, 0.717) is 37.9 Å². The van der Waals surface area contributed by atoms with Gasteiger partial charge in [-0.25, -0.2) is 0 Å². The van der Waals surface area contributed by atoms with Gasteiger partial charge < -0.3 is 36.0 Å². The summed E-state index contributed by atoms with van der Waals surface area (Å²) in [5.74, 6) is -2.28. The van der Waals surface area contributed by atoms with E-state index in [2.05, 4.69) is 21.3 Å². The quantitative estimate of drug-likeness (QED) is 0.248. The minimum atomic E-state index is -1.01. The van der Waals surface area contributed by atoms with Crippen LogP contribution in [0.15, 0.2) is 72.8 Å². The van der Waals surface area contributed by atoms with Crippen LogP contribution in [0.25, 0.3) is 0 Å². The van der Waals surface area contributed by atoms with E-state index in [1.165, 1.54) is 13.2 Å². The Morgan fingerprint density at radius 2 is 1.56 bits per heavy atom. The van der Waals surface area contributed by atoms with Crippen LogP contribution in [-0.4, -0.2) is 77.9 Å². The van der Waals surface area contributed by atoms with Crippen LogP contribution in [0.3, 0.4) is 0 Å². The lowest BCUT2D eigenvalue weighted by atomic mass is 10.0. The van der Waals surface area contributed by atoms with E-state index in [-0.39, 0.29) is 41.9 Å². The Balaban J connectivity index is 1.65. The lowest BCUT2D eigenvalue weighted by molar-refractivity contribution is -0.132. The average molecular weight is 686 g/mol. The normalized spacial score (nSPS) is 19.9. The van der Waals surface area contributed by atoms with Crippen molar-refractivity contribution in [3.8, 4) is 11.5 Å². The summed E-state index contributed by atoms with van der Waals surface area (Å²) in [7, 11) is 1.42. The summed E-state index contributed by atoms with van der Waals surface area (Å²) in [6.45, 7) is 6.19. The molecule has 3 aromatic carbocycles. The SMILES string of the molecule is COc1cccc(O)c1C(=O)N1CCCCNC(=O)[C@@H](C)NC(=O)[C@H](CC(C)C)NC(=O)[C@@H](Cc2ccccc2)NC(=O)c2ccc(cc2)C1. The fourth-order valence-electron chi connectivity index (χ4n) is 5.74. The number of phenolic OH excluding ortho intramolecular Hbond substituents is 1. The van der Waals surface area contributed by atoms with Crippen molar-refractivity contribution in [1.29, 1.82) is 0 Å². The van der Waals surface area contributed by atoms with Gasteiger partial charge in [-0.15, -0.1) is 0 Å². The number of benzene rings is 3. The second kappa shape index (κ2) is 17.8. The first kappa shape index (κ1) is 37.4. The van der Waals surface area contributed by atoms with Crippen molar-refractivity contribution in [2.75, 3.05) is 20.2 Å². The van der Waals surface area contributed by atoms with Gasteiger partial charge in [0.25, 0.3) is 11.8 Å². The van der Waals surface area contributed by atoms with Crippen molar-refractivity contribution < 1.29 is 33.8 Å². The zero-order chi connectivity index (χ0) is 36.2. The van der Waals surface area contributed by atoms with Gasteiger partial charge in [0, 0.05) is 31.6 Å². The summed E-state index contributed by atoms with van der Waals surface area (Å²) < 4.78 is 5.37. The molecule has 3 atom stereocenters. The zero-order valence-corrected chi connectivity index (χ0v) is 29.0. The van der Waals surface area contributed by atoms with Gasteiger partial charge in [-0.1, -0.05) is 62.4 Å². The molecule has 2 heterocycles. The Morgan fingerprint density at radius 1 is 0.860 bits per heavy atom. The number of aromatic hydroxyl groups is 1. The van der Waals surface area contributed by atoms with Crippen molar-refractivity contribution in [2.45, 2.75) is 71.1 Å². The molecule has 0 saturated heterocycles. The predicted octanol–water partition coefficient (Wildman–Crippen LogP) is 3.33. The fraction of sp³-hybridized carbons (Fsp3) is 0.395. The first-order valence-corrected chi connectivity index (χ1v) is 16.9. The van der Waals surface area contributed by atoms with Crippen LogP contribution >= 0.6 is 0 Å². The van der Waals surface area contributed by atoms with Crippen molar-refractivity contribution in [1.82, 2.24) is 26.2 Å². The maximum absolute atomic E-state index is 13.8. The molecule has 2 aliphatic heterocycles. The molecule has 5 amide bonds. The van der Waals surface area contributed by atoms with E-state index in [0.717, 1.165) is 11.1 Å². The maximum Gasteiger partial charge on any atom is 0.261 e. The molecule has 2 aliphatic rings. The number of hydrogen-bond donors (Lipinski definition) is 5. The Morgan fingerprint density at radius 3 is 2.24 bits per heavy atom. The lowest BCUT2D eigenvalue weighted by Gasteiger charge is -2.25. The number of ether oxygens (including phenoxy) is 1. The molecular formula is C38H47N5O7. The van der Waals surface area contributed by atoms with Gasteiger partial charge in [0.2, 0.25) is 17.7 Å². The standard InChI is InChI=1S/C38H47N5O7/c1-24(2)21-29-36(47)40-25(3)34(45)39-19-8-9-20-43(38(49)33-31(44)13-10-14-32(33)50-4)23-27-15-17-28(18-16-27)35(46)41-30(37(48)42-29)22-26-11-6-5-7-12-26/h5-7,10-18,24-25,29-30,44H,8-9,19-23H2,1-4H3,(H,39,45)(H,40,47)(H,41,46)(H,42,48)/t25-,29+,30-/m1/s1. The van der Waals surface area contributed by atoms with E-state index < -0.39 is 41.8 Å². The highest BCUT2D eigenvalue weighted by atomic mass is 16.5. The number of amides is 5. The Kier molecular flexibility index (Phi) is 13.4. The number of methoxy groups -OCH3 is 1. The van der Waals surface area contributed by atoms with Gasteiger partial charge >= 0.3 is 0 Å². The Bertz CT molecular complexity index is 1640. The molecule has 12 heteroatoms. The molecule has 0 spiro atoms.